The molecule has 0 aliphatic carbocycles. The van der Waals surface area contributed by atoms with Gasteiger partial charge in [-0.1, -0.05) is 108 Å². The molecule has 0 atom stereocenters. The summed E-state index contributed by atoms with van der Waals surface area (Å²) >= 11 is 0. The molecule has 3 rings (SSSR count). The fourth-order valence-electron chi connectivity index (χ4n) is 4.61. The summed E-state index contributed by atoms with van der Waals surface area (Å²) in [6.07, 6.45) is 7.90. The lowest BCUT2D eigenvalue weighted by molar-refractivity contribution is 0.194. The maximum Gasteiger partial charge on any atom is 0.369 e. The van der Waals surface area contributed by atoms with E-state index >= 15 is 0 Å². The Morgan fingerprint density at radius 3 is 1.61 bits per heavy atom. The fourth-order valence-corrected chi connectivity index (χ4v) is 9.25. The zero-order chi connectivity index (χ0) is 31.8. The van der Waals surface area contributed by atoms with Crippen LogP contribution < -0.4 is 0 Å². The summed E-state index contributed by atoms with van der Waals surface area (Å²) in [6.45, 7) is 8.74. The molecule has 44 heavy (non-hydrogen) atoms. The van der Waals surface area contributed by atoms with Crippen LogP contribution in [0.2, 0.25) is 0 Å². The van der Waals surface area contributed by atoms with Gasteiger partial charge in [0.05, 0.1) is 26.4 Å². The van der Waals surface area contributed by atoms with Gasteiger partial charge in [0.1, 0.15) is 5.75 Å². The molecule has 0 bridgehead atoms. The van der Waals surface area contributed by atoms with E-state index in [1.54, 1.807) is 6.08 Å². The van der Waals surface area contributed by atoms with Crippen molar-refractivity contribution < 1.29 is 32.3 Å². The van der Waals surface area contributed by atoms with Crippen LogP contribution in [0.15, 0.2) is 65.7 Å². The molecule has 7 nitrogen and oxygen atoms in total. The number of phenolic OH excluding ortho intramolecular Hbond substituents is 1. The molecule has 0 spiro atoms. The maximum atomic E-state index is 14.9. The van der Waals surface area contributed by atoms with E-state index in [-0.39, 0.29) is 37.2 Å². The Morgan fingerprint density at radius 2 is 1.14 bits per heavy atom. The Bertz CT molecular complexity index is 1350. The van der Waals surface area contributed by atoms with Gasteiger partial charge in [-0.15, -0.1) is 0 Å². The number of unbranched alkanes of at least 4 members (excludes halogenated alkanes) is 4. The minimum atomic E-state index is -4.18. The van der Waals surface area contributed by atoms with Gasteiger partial charge in [-0.05, 0) is 54.3 Å². The highest BCUT2D eigenvalue weighted by atomic mass is 31.2. The van der Waals surface area contributed by atoms with E-state index in [1.807, 2.05) is 88.4 Å². The highest BCUT2D eigenvalue weighted by Crippen LogP contribution is 2.74. The Labute approximate surface area is 264 Å². The van der Waals surface area contributed by atoms with E-state index in [0.29, 0.717) is 48.6 Å². The molecule has 1 N–H and O–H groups in total. The molecule has 0 aliphatic heterocycles. The van der Waals surface area contributed by atoms with Crippen LogP contribution in [0.3, 0.4) is 0 Å². The van der Waals surface area contributed by atoms with E-state index in [1.165, 1.54) is 0 Å². The predicted octanol–water partition coefficient (Wildman–Crippen LogP) is 11.1. The van der Waals surface area contributed by atoms with Gasteiger partial charge in [-0.25, -0.2) is 0 Å². The Morgan fingerprint density at radius 1 is 0.682 bits per heavy atom. The van der Waals surface area contributed by atoms with Crippen molar-refractivity contribution in [3.63, 3.8) is 0 Å². The first-order valence-corrected chi connectivity index (χ1v) is 19.2. The lowest BCUT2D eigenvalue weighted by Crippen LogP contribution is -2.08. The third-order valence-corrected chi connectivity index (χ3v) is 12.2. The molecule has 0 aromatic heterocycles. The quantitative estimate of drug-likeness (QED) is 0.0911. The third kappa shape index (κ3) is 10.1. The molecule has 0 saturated carbocycles. The largest absolute Gasteiger partial charge is 0.507 e. The zero-order valence-electron chi connectivity index (χ0n) is 26.8. The molecule has 9 heteroatoms. The molecule has 0 amide bonds. The molecular formula is C35H50O7P2. The summed E-state index contributed by atoms with van der Waals surface area (Å²) in [4.78, 5) is 0. The first-order valence-electron chi connectivity index (χ1n) is 16.1. The molecule has 0 saturated heterocycles. The number of phenols is 1. The molecule has 0 radical (unpaired) electrons. The minimum Gasteiger partial charge on any atom is -0.507 e. The van der Waals surface area contributed by atoms with Crippen LogP contribution in [0.1, 0.15) is 95.8 Å². The van der Waals surface area contributed by atoms with Crippen molar-refractivity contribution in [1.29, 1.82) is 0 Å². The standard InChI is InChI=1S/C35H50O7P2/c1-5-9-22-39-43(37,40-23-10-6-2)34(44(38,41-24-11-7-3)42-25-12-8-4)28-31-27-30-20-16-17-21-32(30)35(36)33(31)26-29-18-14-13-15-19-29/h13-21,27-28,36H,5-12,22-26H2,1-4H3. The van der Waals surface area contributed by atoms with Gasteiger partial charge in [-0.2, -0.15) is 0 Å². The van der Waals surface area contributed by atoms with Gasteiger partial charge in [-0.3, -0.25) is 9.13 Å². The second kappa shape index (κ2) is 18.7. The van der Waals surface area contributed by atoms with Crippen LogP contribution in [0, 0.1) is 0 Å². The number of fused-ring (bicyclic) bond motifs is 1. The van der Waals surface area contributed by atoms with Crippen LogP contribution in [-0.2, 0) is 33.6 Å². The number of rotatable bonds is 21. The summed E-state index contributed by atoms with van der Waals surface area (Å²) < 4.78 is 54.0. The lowest BCUT2D eigenvalue weighted by atomic mass is 9.94. The van der Waals surface area contributed by atoms with Crippen molar-refractivity contribution in [3.05, 3.63) is 82.4 Å². The Hall–Kier alpha value is -2.24. The summed E-state index contributed by atoms with van der Waals surface area (Å²) in [5.74, 6) is 0.111. The topological polar surface area (TPSA) is 91.3 Å². The number of benzene rings is 3. The zero-order valence-corrected chi connectivity index (χ0v) is 28.6. The fraction of sp³-hybridized carbons (Fsp3) is 0.486. The van der Waals surface area contributed by atoms with E-state index < -0.39 is 15.2 Å². The van der Waals surface area contributed by atoms with Gasteiger partial charge < -0.3 is 23.2 Å². The minimum absolute atomic E-state index is 0.111. The van der Waals surface area contributed by atoms with Crippen molar-refractivity contribution >= 4 is 32.0 Å². The van der Waals surface area contributed by atoms with Gasteiger partial charge in [0.2, 0.25) is 0 Å². The van der Waals surface area contributed by atoms with Crippen LogP contribution in [0.4, 0.5) is 0 Å². The van der Waals surface area contributed by atoms with Crippen molar-refractivity contribution in [3.8, 4) is 5.75 Å². The van der Waals surface area contributed by atoms with Crippen LogP contribution in [0.25, 0.3) is 16.8 Å². The van der Waals surface area contributed by atoms with Crippen molar-refractivity contribution in [1.82, 2.24) is 0 Å². The smallest absolute Gasteiger partial charge is 0.369 e. The van der Waals surface area contributed by atoms with E-state index in [2.05, 4.69) is 0 Å². The Balaban J connectivity index is 2.33. The molecule has 0 heterocycles. The van der Waals surface area contributed by atoms with Gasteiger partial charge in [0.15, 0.2) is 5.06 Å². The average molecular weight is 645 g/mol. The Kier molecular flexibility index (Phi) is 15.4. The number of aromatic hydroxyl groups is 1. The van der Waals surface area contributed by atoms with E-state index in [4.69, 9.17) is 18.1 Å². The molecule has 0 fully saturated rings. The van der Waals surface area contributed by atoms with Crippen molar-refractivity contribution in [2.75, 3.05) is 26.4 Å². The monoisotopic (exact) mass is 644 g/mol. The molecule has 3 aromatic carbocycles. The van der Waals surface area contributed by atoms with E-state index in [9.17, 15) is 14.2 Å². The molecule has 0 aliphatic rings. The van der Waals surface area contributed by atoms with Crippen molar-refractivity contribution in [2.45, 2.75) is 85.5 Å². The number of hydrogen-bond donors (Lipinski definition) is 1. The molecular weight excluding hydrogens is 594 g/mol. The molecule has 242 valence electrons. The third-order valence-electron chi connectivity index (χ3n) is 7.27. The highest BCUT2D eigenvalue weighted by Gasteiger charge is 2.46. The van der Waals surface area contributed by atoms with Crippen LogP contribution in [0.5, 0.6) is 5.75 Å². The van der Waals surface area contributed by atoms with E-state index in [0.717, 1.165) is 36.6 Å². The summed E-state index contributed by atoms with van der Waals surface area (Å²) in [7, 11) is -8.37. The normalized spacial score (nSPS) is 12.1. The summed E-state index contributed by atoms with van der Waals surface area (Å²) in [5.41, 5.74) is 2.14. The second-order valence-corrected chi connectivity index (χ2v) is 15.3. The predicted molar refractivity (Wildman–Crippen MR) is 181 cm³/mol. The molecule has 3 aromatic rings. The van der Waals surface area contributed by atoms with Crippen LogP contribution >= 0.6 is 15.2 Å². The van der Waals surface area contributed by atoms with Gasteiger partial charge >= 0.3 is 15.2 Å². The maximum absolute atomic E-state index is 14.9. The first kappa shape index (κ1) is 36.2. The lowest BCUT2D eigenvalue weighted by Gasteiger charge is -2.27. The number of hydrogen-bond acceptors (Lipinski definition) is 7. The summed E-state index contributed by atoms with van der Waals surface area (Å²) in [6, 6.07) is 19.3. The average Bonchev–Trinajstić information content (AvgIpc) is 3.02. The van der Waals surface area contributed by atoms with Crippen LogP contribution in [-0.4, -0.2) is 31.5 Å². The van der Waals surface area contributed by atoms with Crippen molar-refractivity contribution in [2.24, 2.45) is 0 Å². The first-order chi connectivity index (χ1) is 21.3. The second-order valence-electron chi connectivity index (χ2n) is 10.9. The summed E-state index contributed by atoms with van der Waals surface area (Å²) in [5, 5.41) is 13.0. The molecule has 0 unspecified atom stereocenters. The van der Waals surface area contributed by atoms with Gasteiger partial charge in [0, 0.05) is 17.4 Å². The highest BCUT2D eigenvalue weighted by molar-refractivity contribution is 7.79. The van der Waals surface area contributed by atoms with Gasteiger partial charge in [0.25, 0.3) is 0 Å². The SMILES string of the molecule is CCCCOP(=O)(OCCCC)C(=Cc1cc2ccccc2c(O)c1Cc1ccccc1)P(=O)(OCCCC)OCCCC.